The number of carbonyl (C=O) groups is 1. The molecule has 0 amide bonds. The van der Waals surface area contributed by atoms with Gasteiger partial charge >= 0.3 is 0 Å². The predicted octanol–water partition coefficient (Wildman–Crippen LogP) is 2.38. The third kappa shape index (κ3) is 3.22. The maximum Gasteiger partial charge on any atom is 0.168 e. The molecule has 1 rings (SSSR count). The van der Waals surface area contributed by atoms with Gasteiger partial charge in [0.15, 0.2) is 5.78 Å². The van der Waals surface area contributed by atoms with E-state index in [4.69, 9.17) is 4.84 Å². The second-order valence-electron chi connectivity index (χ2n) is 4.62. The first kappa shape index (κ1) is 12.5. The van der Waals surface area contributed by atoms with Crippen molar-refractivity contribution in [3.8, 4) is 0 Å². The van der Waals surface area contributed by atoms with E-state index in [9.17, 15) is 9.90 Å². The molecular weight excluding hydrogens is 206 g/mol. The molecule has 0 aromatic heterocycles. The van der Waals surface area contributed by atoms with Crippen molar-refractivity contribution in [1.29, 1.82) is 0 Å². The summed E-state index contributed by atoms with van der Waals surface area (Å²) in [6, 6.07) is 0. The molecular formula is C12H17NO3. The highest BCUT2D eigenvalue weighted by Gasteiger charge is 2.32. The molecule has 0 aromatic rings. The fraction of sp³-hybridized carbons (Fsp3) is 0.500. The molecule has 1 aliphatic rings. The molecule has 0 radical (unpaired) electrons. The molecule has 0 unspecified atom stereocenters. The zero-order chi connectivity index (χ0) is 12.2. The van der Waals surface area contributed by atoms with Gasteiger partial charge in [0, 0.05) is 12.8 Å². The Balaban J connectivity index is 2.75. The topological polar surface area (TPSA) is 58.9 Å². The van der Waals surface area contributed by atoms with E-state index in [1.165, 1.54) is 6.21 Å². The van der Waals surface area contributed by atoms with Gasteiger partial charge in [0.2, 0.25) is 0 Å². The van der Waals surface area contributed by atoms with Crippen LogP contribution in [0, 0.1) is 5.41 Å². The zero-order valence-corrected chi connectivity index (χ0v) is 9.69. The number of aliphatic hydroxyl groups is 1. The lowest BCUT2D eigenvalue weighted by Gasteiger charge is -2.28. The Labute approximate surface area is 95.3 Å². The van der Waals surface area contributed by atoms with E-state index in [-0.39, 0.29) is 29.1 Å². The van der Waals surface area contributed by atoms with E-state index < -0.39 is 0 Å². The normalized spacial score (nSPS) is 20.2. The lowest BCUT2D eigenvalue weighted by Crippen LogP contribution is -2.26. The van der Waals surface area contributed by atoms with Crippen LogP contribution in [0.25, 0.3) is 0 Å². The SMILES string of the molecule is C=CCO/N=C/C1=C(O)CC(C)(C)CC1=O. The number of rotatable bonds is 4. The minimum absolute atomic E-state index is 0.0900. The molecule has 0 spiro atoms. The van der Waals surface area contributed by atoms with Crippen LogP contribution in [0.1, 0.15) is 26.7 Å². The van der Waals surface area contributed by atoms with Crippen molar-refractivity contribution in [2.24, 2.45) is 10.6 Å². The van der Waals surface area contributed by atoms with Gasteiger partial charge in [-0.3, -0.25) is 4.79 Å². The fourth-order valence-corrected chi connectivity index (χ4v) is 1.63. The average molecular weight is 223 g/mol. The lowest BCUT2D eigenvalue weighted by molar-refractivity contribution is -0.117. The molecule has 4 nitrogen and oxygen atoms in total. The molecule has 16 heavy (non-hydrogen) atoms. The Bertz CT molecular complexity index is 353. The summed E-state index contributed by atoms with van der Waals surface area (Å²) in [7, 11) is 0. The highest BCUT2D eigenvalue weighted by atomic mass is 16.6. The summed E-state index contributed by atoms with van der Waals surface area (Å²) < 4.78 is 0. The van der Waals surface area contributed by atoms with E-state index >= 15 is 0 Å². The summed E-state index contributed by atoms with van der Waals surface area (Å²) in [5, 5.41) is 13.3. The smallest absolute Gasteiger partial charge is 0.168 e. The number of nitrogens with zero attached hydrogens (tertiary/aromatic N) is 1. The molecule has 1 aliphatic carbocycles. The third-order valence-electron chi connectivity index (χ3n) is 2.35. The van der Waals surface area contributed by atoms with Gasteiger partial charge in [0.1, 0.15) is 12.4 Å². The molecule has 1 N–H and O–H groups in total. The lowest BCUT2D eigenvalue weighted by atomic mass is 9.77. The molecule has 88 valence electrons. The van der Waals surface area contributed by atoms with Crippen molar-refractivity contribution < 1.29 is 14.7 Å². The van der Waals surface area contributed by atoms with Gasteiger partial charge in [0.25, 0.3) is 0 Å². The van der Waals surface area contributed by atoms with E-state index in [0.717, 1.165) is 0 Å². The number of carbonyl (C=O) groups excluding carboxylic acids is 1. The van der Waals surface area contributed by atoms with Gasteiger partial charge in [-0.2, -0.15) is 0 Å². The van der Waals surface area contributed by atoms with Gasteiger partial charge in [0.05, 0.1) is 11.8 Å². The van der Waals surface area contributed by atoms with Crippen molar-refractivity contribution in [1.82, 2.24) is 0 Å². The van der Waals surface area contributed by atoms with Crippen LogP contribution in [0.15, 0.2) is 29.1 Å². The number of Topliss-reactive ketones (excluding diaryl/α,β-unsaturated/α-hetero) is 1. The van der Waals surface area contributed by atoms with Crippen molar-refractivity contribution in [2.45, 2.75) is 26.7 Å². The minimum Gasteiger partial charge on any atom is -0.511 e. The Kier molecular flexibility index (Phi) is 3.88. The summed E-state index contributed by atoms with van der Waals surface area (Å²) in [5.41, 5.74) is 0.0731. The first-order valence-electron chi connectivity index (χ1n) is 5.18. The summed E-state index contributed by atoms with van der Waals surface area (Å²) in [6.07, 6.45) is 3.73. The van der Waals surface area contributed by atoms with Crippen LogP contribution in [0.5, 0.6) is 0 Å². The third-order valence-corrected chi connectivity index (χ3v) is 2.35. The average Bonchev–Trinajstić information content (AvgIpc) is 2.13. The summed E-state index contributed by atoms with van der Waals surface area (Å²) in [5.74, 6) is -0.00749. The van der Waals surface area contributed by atoms with Gasteiger partial charge < -0.3 is 9.94 Å². The highest BCUT2D eigenvalue weighted by molar-refractivity contribution is 6.14. The first-order chi connectivity index (χ1) is 7.46. The van der Waals surface area contributed by atoms with Gasteiger partial charge in [-0.05, 0) is 5.41 Å². The van der Waals surface area contributed by atoms with Crippen LogP contribution >= 0.6 is 0 Å². The van der Waals surface area contributed by atoms with E-state index in [2.05, 4.69) is 11.7 Å². The quantitative estimate of drug-likeness (QED) is 0.344. The van der Waals surface area contributed by atoms with Gasteiger partial charge in [-0.1, -0.05) is 31.7 Å². The van der Waals surface area contributed by atoms with Gasteiger partial charge in [-0.25, -0.2) is 0 Å². The molecule has 0 heterocycles. The van der Waals surface area contributed by atoms with Crippen molar-refractivity contribution in [2.75, 3.05) is 6.61 Å². The molecule has 0 atom stereocenters. The Morgan fingerprint density at radius 2 is 2.25 bits per heavy atom. The first-order valence-corrected chi connectivity index (χ1v) is 5.18. The Hall–Kier alpha value is -1.58. The summed E-state index contributed by atoms with van der Waals surface area (Å²) in [6.45, 7) is 7.64. The number of hydrogen-bond donors (Lipinski definition) is 1. The van der Waals surface area contributed by atoms with Crippen molar-refractivity contribution in [3.05, 3.63) is 24.0 Å². The number of oxime groups is 1. The fourth-order valence-electron chi connectivity index (χ4n) is 1.63. The zero-order valence-electron chi connectivity index (χ0n) is 9.69. The summed E-state index contributed by atoms with van der Waals surface area (Å²) >= 11 is 0. The number of hydrogen-bond acceptors (Lipinski definition) is 4. The van der Waals surface area contributed by atoms with Crippen molar-refractivity contribution >= 4 is 12.0 Å². The standard InChI is InChI=1S/C12H17NO3/c1-4-5-16-13-8-9-10(14)6-12(2,3)7-11(9)15/h4,8,14H,1,5-7H2,2-3H3/b13-8+. The molecule has 0 bridgehead atoms. The van der Waals surface area contributed by atoms with Crippen LogP contribution < -0.4 is 0 Å². The number of ketones is 1. The van der Waals surface area contributed by atoms with Crippen LogP contribution in [0.4, 0.5) is 0 Å². The van der Waals surface area contributed by atoms with Crippen LogP contribution in [-0.2, 0) is 9.63 Å². The Morgan fingerprint density at radius 1 is 1.56 bits per heavy atom. The maximum atomic E-state index is 11.7. The largest absolute Gasteiger partial charge is 0.511 e. The molecule has 4 heteroatoms. The molecule has 0 fully saturated rings. The highest BCUT2D eigenvalue weighted by Crippen LogP contribution is 2.34. The monoisotopic (exact) mass is 223 g/mol. The second-order valence-corrected chi connectivity index (χ2v) is 4.62. The van der Waals surface area contributed by atoms with Crippen LogP contribution in [-0.4, -0.2) is 23.7 Å². The minimum atomic E-state index is -0.180. The molecule has 0 aliphatic heterocycles. The second kappa shape index (κ2) is 4.96. The van der Waals surface area contributed by atoms with E-state index in [0.29, 0.717) is 12.8 Å². The molecule has 0 saturated heterocycles. The van der Waals surface area contributed by atoms with E-state index in [1.54, 1.807) is 6.08 Å². The number of aliphatic hydroxyl groups excluding tert-OH is 1. The molecule has 0 saturated carbocycles. The Morgan fingerprint density at radius 3 is 2.81 bits per heavy atom. The maximum absolute atomic E-state index is 11.7. The van der Waals surface area contributed by atoms with Crippen molar-refractivity contribution in [3.63, 3.8) is 0 Å². The number of allylic oxidation sites excluding steroid dienone is 2. The predicted molar refractivity (Wildman–Crippen MR) is 62.3 cm³/mol. The van der Waals surface area contributed by atoms with Crippen LogP contribution in [0.2, 0.25) is 0 Å². The van der Waals surface area contributed by atoms with E-state index in [1.807, 2.05) is 13.8 Å². The molecule has 0 aromatic carbocycles. The summed E-state index contributed by atoms with van der Waals surface area (Å²) in [4.78, 5) is 16.5. The van der Waals surface area contributed by atoms with Gasteiger partial charge in [-0.15, -0.1) is 0 Å². The van der Waals surface area contributed by atoms with Crippen LogP contribution in [0.3, 0.4) is 0 Å².